The topological polar surface area (TPSA) is 29.5 Å². The van der Waals surface area contributed by atoms with Crippen LogP contribution in [0.2, 0.25) is 0 Å². The largest absolute Gasteiger partial charge is 0.390 e. The SMILES string of the molecule is C=CCOCCCCCC(C)(C)O. The number of aliphatic hydroxyl groups is 1. The molecular formula is C11H22O2. The van der Waals surface area contributed by atoms with Gasteiger partial charge in [-0.05, 0) is 26.7 Å². The van der Waals surface area contributed by atoms with E-state index in [1.54, 1.807) is 6.08 Å². The molecule has 0 heterocycles. The van der Waals surface area contributed by atoms with Gasteiger partial charge in [-0.1, -0.05) is 18.9 Å². The molecule has 0 amide bonds. The molecule has 2 heteroatoms. The van der Waals surface area contributed by atoms with Crippen molar-refractivity contribution in [1.29, 1.82) is 0 Å². The summed E-state index contributed by atoms with van der Waals surface area (Å²) in [6.45, 7) is 8.71. The molecule has 0 fully saturated rings. The van der Waals surface area contributed by atoms with Crippen LogP contribution in [0.15, 0.2) is 12.7 Å². The maximum absolute atomic E-state index is 9.41. The van der Waals surface area contributed by atoms with E-state index in [4.69, 9.17) is 4.74 Å². The molecule has 0 aliphatic carbocycles. The van der Waals surface area contributed by atoms with Gasteiger partial charge < -0.3 is 9.84 Å². The Labute approximate surface area is 81.6 Å². The summed E-state index contributed by atoms with van der Waals surface area (Å²) in [7, 11) is 0. The molecule has 0 aromatic heterocycles. The van der Waals surface area contributed by atoms with E-state index in [0.29, 0.717) is 6.61 Å². The summed E-state index contributed by atoms with van der Waals surface area (Å²) in [5, 5.41) is 9.41. The summed E-state index contributed by atoms with van der Waals surface area (Å²) in [6.07, 6.45) is 5.90. The van der Waals surface area contributed by atoms with Crippen molar-refractivity contribution < 1.29 is 9.84 Å². The van der Waals surface area contributed by atoms with Gasteiger partial charge in [0.15, 0.2) is 0 Å². The first-order valence-corrected chi connectivity index (χ1v) is 4.97. The van der Waals surface area contributed by atoms with E-state index in [1.165, 1.54) is 0 Å². The Balaban J connectivity index is 3.04. The summed E-state index contributed by atoms with van der Waals surface area (Å²) in [5.41, 5.74) is -0.512. The summed E-state index contributed by atoms with van der Waals surface area (Å²) in [5.74, 6) is 0. The summed E-state index contributed by atoms with van der Waals surface area (Å²) >= 11 is 0. The highest BCUT2D eigenvalue weighted by Crippen LogP contribution is 2.12. The third-order valence-electron chi connectivity index (χ3n) is 1.81. The van der Waals surface area contributed by atoms with Crippen LogP contribution in [0.25, 0.3) is 0 Å². The van der Waals surface area contributed by atoms with E-state index in [2.05, 4.69) is 6.58 Å². The monoisotopic (exact) mass is 186 g/mol. The van der Waals surface area contributed by atoms with Crippen molar-refractivity contribution in [2.24, 2.45) is 0 Å². The van der Waals surface area contributed by atoms with Gasteiger partial charge in [0, 0.05) is 6.61 Å². The molecule has 0 aliphatic rings. The zero-order valence-electron chi connectivity index (χ0n) is 8.88. The second kappa shape index (κ2) is 7.10. The minimum atomic E-state index is -0.512. The van der Waals surface area contributed by atoms with Crippen LogP contribution in [-0.4, -0.2) is 23.9 Å². The highest BCUT2D eigenvalue weighted by atomic mass is 16.5. The minimum absolute atomic E-state index is 0.512. The molecule has 0 aliphatic heterocycles. The Bertz CT molecular complexity index is 125. The van der Waals surface area contributed by atoms with Crippen LogP contribution < -0.4 is 0 Å². The highest BCUT2D eigenvalue weighted by molar-refractivity contribution is 4.65. The molecule has 0 radical (unpaired) electrons. The van der Waals surface area contributed by atoms with Gasteiger partial charge in [0.2, 0.25) is 0 Å². The molecule has 0 rings (SSSR count). The number of hydrogen-bond acceptors (Lipinski definition) is 2. The number of ether oxygens (including phenoxy) is 1. The Morgan fingerprint density at radius 1 is 1.31 bits per heavy atom. The Morgan fingerprint density at radius 3 is 2.54 bits per heavy atom. The molecule has 0 aromatic carbocycles. The van der Waals surface area contributed by atoms with E-state index < -0.39 is 5.60 Å². The zero-order valence-corrected chi connectivity index (χ0v) is 8.88. The van der Waals surface area contributed by atoms with Gasteiger partial charge in [-0.15, -0.1) is 6.58 Å². The van der Waals surface area contributed by atoms with E-state index in [-0.39, 0.29) is 0 Å². The van der Waals surface area contributed by atoms with Crippen LogP contribution in [0.4, 0.5) is 0 Å². The quantitative estimate of drug-likeness (QED) is 0.466. The molecule has 0 atom stereocenters. The summed E-state index contributed by atoms with van der Waals surface area (Å²) in [6, 6.07) is 0. The fraction of sp³-hybridized carbons (Fsp3) is 0.818. The van der Waals surface area contributed by atoms with Crippen molar-refractivity contribution in [1.82, 2.24) is 0 Å². The lowest BCUT2D eigenvalue weighted by molar-refractivity contribution is 0.0669. The van der Waals surface area contributed by atoms with Crippen LogP contribution in [0.3, 0.4) is 0 Å². The fourth-order valence-corrected chi connectivity index (χ4v) is 1.11. The normalized spacial score (nSPS) is 11.6. The molecule has 1 N–H and O–H groups in total. The third-order valence-corrected chi connectivity index (χ3v) is 1.81. The molecule has 0 saturated heterocycles. The molecule has 0 bridgehead atoms. The smallest absolute Gasteiger partial charge is 0.0644 e. The number of rotatable bonds is 8. The zero-order chi connectivity index (χ0) is 10.2. The Hall–Kier alpha value is -0.340. The number of unbranched alkanes of at least 4 members (excludes halogenated alkanes) is 2. The van der Waals surface area contributed by atoms with Crippen LogP contribution in [0, 0.1) is 0 Å². The summed E-state index contributed by atoms with van der Waals surface area (Å²) in [4.78, 5) is 0. The van der Waals surface area contributed by atoms with E-state index in [0.717, 1.165) is 32.3 Å². The van der Waals surface area contributed by atoms with Crippen LogP contribution in [-0.2, 0) is 4.74 Å². The minimum Gasteiger partial charge on any atom is -0.390 e. The van der Waals surface area contributed by atoms with Gasteiger partial charge in [0.05, 0.1) is 12.2 Å². The van der Waals surface area contributed by atoms with Crippen molar-refractivity contribution in [3.63, 3.8) is 0 Å². The average Bonchev–Trinajstić information content (AvgIpc) is 2.01. The van der Waals surface area contributed by atoms with E-state index in [1.807, 2.05) is 13.8 Å². The lowest BCUT2D eigenvalue weighted by atomic mass is 10.0. The molecular weight excluding hydrogens is 164 g/mol. The highest BCUT2D eigenvalue weighted by Gasteiger charge is 2.10. The maximum atomic E-state index is 9.41. The van der Waals surface area contributed by atoms with Crippen molar-refractivity contribution in [3.05, 3.63) is 12.7 Å². The lowest BCUT2D eigenvalue weighted by Gasteiger charge is -2.16. The average molecular weight is 186 g/mol. The molecule has 0 unspecified atom stereocenters. The molecule has 0 saturated carbocycles. The summed E-state index contributed by atoms with van der Waals surface area (Å²) < 4.78 is 5.23. The van der Waals surface area contributed by atoms with Crippen molar-refractivity contribution in [3.8, 4) is 0 Å². The second-order valence-electron chi connectivity index (χ2n) is 3.99. The van der Waals surface area contributed by atoms with Gasteiger partial charge >= 0.3 is 0 Å². The van der Waals surface area contributed by atoms with Gasteiger partial charge in [-0.2, -0.15) is 0 Å². The van der Waals surface area contributed by atoms with Crippen LogP contribution in [0.5, 0.6) is 0 Å². The third kappa shape index (κ3) is 11.7. The van der Waals surface area contributed by atoms with Gasteiger partial charge in [-0.3, -0.25) is 0 Å². The Kier molecular flexibility index (Phi) is 6.92. The van der Waals surface area contributed by atoms with Gasteiger partial charge in [0.1, 0.15) is 0 Å². The molecule has 0 spiro atoms. The standard InChI is InChI=1S/C11H22O2/c1-4-9-13-10-7-5-6-8-11(2,3)12/h4,12H,1,5-10H2,2-3H3. The first-order valence-electron chi connectivity index (χ1n) is 4.97. The van der Waals surface area contributed by atoms with Gasteiger partial charge in [0.25, 0.3) is 0 Å². The van der Waals surface area contributed by atoms with Crippen LogP contribution in [0.1, 0.15) is 39.5 Å². The van der Waals surface area contributed by atoms with Crippen molar-refractivity contribution in [2.75, 3.05) is 13.2 Å². The maximum Gasteiger partial charge on any atom is 0.0644 e. The van der Waals surface area contributed by atoms with Crippen molar-refractivity contribution >= 4 is 0 Å². The first kappa shape index (κ1) is 12.7. The van der Waals surface area contributed by atoms with E-state index >= 15 is 0 Å². The Morgan fingerprint density at radius 2 is 2.00 bits per heavy atom. The molecule has 13 heavy (non-hydrogen) atoms. The molecule has 78 valence electrons. The molecule has 2 nitrogen and oxygen atoms in total. The predicted octanol–water partition coefficient (Wildman–Crippen LogP) is 2.52. The van der Waals surface area contributed by atoms with Crippen LogP contribution >= 0.6 is 0 Å². The fourth-order valence-electron chi connectivity index (χ4n) is 1.11. The predicted molar refractivity (Wildman–Crippen MR) is 55.8 cm³/mol. The molecule has 0 aromatic rings. The number of hydrogen-bond donors (Lipinski definition) is 1. The first-order chi connectivity index (χ1) is 6.06. The second-order valence-corrected chi connectivity index (χ2v) is 3.99. The lowest BCUT2D eigenvalue weighted by Crippen LogP contribution is -2.17. The van der Waals surface area contributed by atoms with Crippen molar-refractivity contribution in [2.45, 2.75) is 45.1 Å². The van der Waals surface area contributed by atoms with E-state index in [9.17, 15) is 5.11 Å². The van der Waals surface area contributed by atoms with Gasteiger partial charge in [-0.25, -0.2) is 0 Å².